The minimum Gasteiger partial charge on any atom is -0.319 e. The fourth-order valence-electron chi connectivity index (χ4n) is 2.56. The third kappa shape index (κ3) is 4.26. The van der Waals surface area contributed by atoms with Gasteiger partial charge in [-0.25, -0.2) is 4.98 Å². The Bertz CT molecular complexity index is 386. The first-order chi connectivity index (χ1) is 8.99. The summed E-state index contributed by atoms with van der Waals surface area (Å²) in [5.41, 5.74) is 1.41. The highest BCUT2D eigenvalue weighted by Crippen LogP contribution is 2.25. The SMILES string of the molecule is CNCC1CCN(Cc2nc(C(C)(C)C)cs2)CC1. The van der Waals surface area contributed by atoms with Crippen LogP contribution in [0.25, 0.3) is 0 Å². The smallest absolute Gasteiger partial charge is 0.107 e. The second-order valence-corrected chi connectivity index (χ2v) is 7.60. The molecule has 0 amide bonds. The van der Waals surface area contributed by atoms with Crippen LogP contribution in [-0.2, 0) is 12.0 Å². The first kappa shape index (κ1) is 14.9. The van der Waals surface area contributed by atoms with Crippen molar-refractivity contribution in [3.05, 3.63) is 16.1 Å². The van der Waals surface area contributed by atoms with Crippen LogP contribution in [0.5, 0.6) is 0 Å². The molecule has 0 aromatic carbocycles. The van der Waals surface area contributed by atoms with Crippen molar-refractivity contribution in [1.82, 2.24) is 15.2 Å². The molecule has 19 heavy (non-hydrogen) atoms. The van der Waals surface area contributed by atoms with Gasteiger partial charge in [0.15, 0.2) is 0 Å². The van der Waals surface area contributed by atoms with E-state index in [2.05, 4.69) is 43.4 Å². The molecule has 0 bridgehead atoms. The highest BCUT2D eigenvalue weighted by atomic mass is 32.1. The number of aromatic nitrogens is 1. The van der Waals surface area contributed by atoms with Crippen molar-refractivity contribution in [2.75, 3.05) is 26.7 Å². The van der Waals surface area contributed by atoms with Crippen molar-refractivity contribution in [3.8, 4) is 0 Å². The molecule has 1 aromatic heterocycles. The number of likely N-dealkylation sites (tertiary alicyclic amines) is 1. The van der Waals surface area contributed by atoms with Gasteiger partial charge in [0.1, 0.15) is 5.01 Å². The van der Waals surface area contributed by atoms with Crippen molar-refractivity contribution in [1.29, 1.82) is 0 Å². The van der Waals surface area contributed by atoms with Gasteiger partial charge >= 0.3 is 0 Å². The summed E-state index contributed by atoms with van der Waals surface area (Å²) in [4.78, 5) is 7.35. The van der Waals surface area contributed by atoms with E-state index in [9.17, 15) is 0 Å². The summed E-state index contributed by atoms with van der Waals surface area (Å²) in [6.07, 6.45) is 2.64. The summed E-state index contributed by atoms with van der Waals surface area (Å²) in [6.45, 7) is 11.3. The van der Waals surface area contributed by atoms with Crippen LogP contribution in [0, 0.1) is 5.92 Å². The lowest BCUT2D eigenvalue weighted by Crippen LogP contribution is -2.36. The van der Waals surface area contributed by atoms with Gasteiger partial charge in [-0.15, -0.1) is 11.3 Å². The van der Waals surface area contributed by atoms with Gasteiger partial charge in [0.25, 0.3) is 0 Å². The molecule has 0 saturated carbocycles. The van der Waals surface area contributed by atoms with Gasteiger partial charge in [-0.1, -0.05) is 20.8 Å². The second kappa shape index (κ2) is 6.33. The maximum absolute atomic E-state index is 4.80. The van der Waals surface area contributed by atoms with E-state index < -0.39 is 0 Å². The summed E-state index contributed by atoms with van der Waals surface area (Å²) in [5.74, 6) is 0.864. The molecule has 0 radical (unpaired) electrons. The largest absolute Gasteiger partial charge is 0.319 e. The van der Waals surface area contributed by atoms with E-state index in [1.165, 1.54) is 43.2 Å². The van der Waals surface area contributed by atoms with Crippen LogP contribution < -0.4 is 5.32 Å². The van der Waals surface area contributed by atoms with Gasteiger partial charge < -0.3 is 5.32 Å². The summed E-state index contributed by atoms with van der Waals surface area (Å²) in [5, 5.41) is 6.79. The number of hydrogen-bond donors (Lipinski definition) is 1. The van der Waals surface area contributed by atoms with Crippen LogP contribution in [0.15, 0.2) is 5.38 Å². The van der Waals surface area contributed by atoms with Crippen LogP contribution in [-0.4, -0.2) is 36.6 Å². The monoisotopic (exact) mass is 281 g/mol. The van der Waals surface area contributed by atoms with Gasteiger partial charge in [0, 0.05) is 10.8 Å². The molecule has 3 nitrogen and oxygen atoms in total. The Morgan fingerprint density at radius 3 is 2.58 bits per heavy atom. The van der Waals surface area contributed by atoms with Crippen LogP contribution >= 0.6 is 11.3 Å². The number of nitrogens with one attached hydrogen (secondary N) is 1. The molecule has 1 aromatic rings. The third-order valence-electron chi connectivity index (χ3n) is 3.88. The molecular formula is C15H27N3S. The summed E-state index contributed by atoms with van der Waals surface area (Å²) < 4.78 is 0. The number of thiazole rings is 1. The first-order valence-electron chi connectivity index (χ1n) is 7.31. The molecule has 0 aliphatic carbocycles. The van der Waals surface area contributed by atoms with E-state index in [0.29, 0.717) is 0 Å². The number of hydrogen-bond acceptors (Lipinski definition) is 4. The average Bonchev–Trinajstić information content (AvgIpc) is 2.80. The lowest BCUT2D eigenvalue weighted by atomic mass is 9.93. The Morgan fingerprint density at radius 1 is 1.37 bits per heavy atom. The molecule has 1 aliphatic heterocycles. The number of rotatable bonds is 4. The summed E-state index contributed by atoms with van der Waals surface area (Å²) in [6, 6.07) is 0. The standard InChI is InChI=1S/C15H27N3S/c1-15(2,3)13-11-19-14(17-13)10-18-7-5-12(6-8-18)9-16-4/h11-12,16H,5-10H2,1-4H3. The molecule has 0 atom stereocenters. The van der Waals surface area contributed by atoms with Crippen LogP contribution in [0.4, 0.5) is 0 Å². The topological polar surface area (TPSA) is 28.2 Å². The van der Waals surface area contributed by atoms with Crippen LogP contribution in [0.3, 0.4) is 0 Å². The molecule has 4 heteroatoms. The van der Waals surface area contributed by atoms with Crippen LogP contribution in [0.2, 0.25) is 0 Å². The fraction of sp³-hybridized carbons (Fsp3) is 0.800. The third-order valence-corrected chi connectivity index (χ3v) is 4.71. The molecule has 2 heterocycles. The maximum Gasteiger partial charge on any atom is 0.107 e. The zero-order valence-corrected chi connectivity index (χ0v) is 13.5. The lowest BCUT2D eigenvalue weighted by Gasteiger charge is -2.31. The second-order valence-electron chi connectivity index (χ2n) is 6.65. The van der Waals surface area contributed by atoms with Crippen molar-refractivity contribution < 1.29 is 0 Å². The van der Waals surface area contributed by atoms with Crippen molar-refractivity contribution in [2.45, 2.75) is 45.6 Å². The predicted octanol–water partition coefficient (Wildman–Crippen LogP) is 2.87. The van der Waals surface area contributed by atoms with Crippen molar-refractivity contribution in [2.24, 2.45) is 5.92 Å². The molecule has 0 unspecified atom stereocenters. The predicted molar refractivity (Wildman–Crippen MR) is 82.7 cm³/mol. The van der Waals surface area contributed by atoms with E-state index in [1.807, 2.05) is 11.3 Å². The average molecular weight is 281 g/mol. The van der Waals surface area contributed by atoms with E-state index in [4.69, 9.17) is 4.98 Å². The lowest BCUT2D eigenvalue weighted by molar-refractivity contribution is 0.176. The first-order valence-corrected chi connectivity index (χ1v) is 8.19. The Kier molecular flexibility index (Phi) is 4.98. The Balaban J connectivity index is 1.84. The van der Waals surface area contributed by atoms with E-state index in [0.717, 1.165) is 12.5 Å². The Morgan fingerprint density at radius 2 is 2.05 bits per heavy atom. The molecular weight excluding hydrogens is 254 g/mol. The van der Waals surface area contributed by atoms with E-state index in [1.54, 1.807) is 0 Å². The van der Waals surface area contributed by atoms with Gasteiger partial charge in [-0.3, -0.25) is 4.90 Å². The molecule has 1 N–H and O–H groups in total. The normalized spacial score (nSPS) is 18.9. The van der Waals surface area contributed by atoms with Crippen molar-refractivity contribution >= 4 is 11.3 Å². The molecule has 0 spiro atoms. The zero-order chi connectivity index (χ0) is 13.9. The van der Waals surface area contributed by atoms with Gasteiger partial charge in [0.05, 0.1) is 12.2 Å². The molecule has 2 rings (SSSR count). The minimum absolute atomic E-state index is 0.175. The number of piperidine rings is 1. The highest BCUT2D eigenvalue weighted by Gasteiger charge is 2.21. The zero-order valence-electron chi connectivity index (χ0n) is 12.7. The molecule has 1 aliphatic rings. The maximum atomic E-state index is 4.80. The molecule has 1 fully saturated rings. The van der Waals surface area contributed by atoms with Gasteiger partial charge in [-0.05, 0) is 45.4 Å². The van der Waals surface area contributed by atoms with Gasteiger partial charge in [-0.2, -0.15) is 0 Å². The summed E-state index contributed by atoms with van der Waals surface area (Å²) >= 11 is 1.82. The fourth-order valence-corrected chi connectivity index (χ4v) is 3.62. The van der Waals surface area contributed by atoms with Crippen molar-refractivity contribution in [3.63, 3.8) is 0 Å². The van der Waals surface area contributed by atoms with E-state index in [-0.39, 0.29) is 5.41 Å². The highest BCUT2D eigenvalue weighted by molar-refractivity contribution is 7.09. The van der Waals surface area contributed by atoms with Gasteiger partial charge in [0.2, 0.25) is 0 Å². The quantitative estimate of drug-likeness (QED) is 0.920. The molecule has 108 valence electrons. The molecule has 1 saturated heterocycles. The Hall–Kier alpha value is -0.450. The van der Waals surface area contributed by atoms with E-state index >= 15 is 0 Å². The summed E-state index contributed by atoms with van der Waals surface area (Å²) in [7, 11) is 2.05. The number of nitrogens with zero attached hydrogens (tertiary/aromatic N) is 2. The van der Waals surface area contributed by atoms with Crippen LogP contribution in [0.1, 0.15) is 44.3 Å². The Labute approximate surface area is 121 Å². The minimum atomic E-state index is 0.175.